The minimum absolute atomic E-state index is 0.0273. The van der Waals surface area contributed by atoms with Crippen LogP contribution in [-0.4, -0.2) is 60.3 Å². The summed E-state index contributed by atoms with van der Waals surface area (Å²) in [5, 5.41) is 0. The highest BCUT2D eigenvalue weighted by Gasteiger charge is 2.32. The average Bonchev–Trinajstić information content (AvgIpc) is 3.15. The number of amides is 2. The van der Waals surface area contributed by atoms with Gasteiger partial charge in [0, 0.05) is 51.4 Å². The van der Waals surface area contributed by atoms with Crippen LogP contribution in [0.1, 0.15) is 52.8 Å². The summed E-state index contributed by atoms with van der Waals surface area (Å²) in [4.78, 5) is 36.0. The van der Waals surface area contributed by atoms with Gasteiger partial charge >= 0.3 is 5.91 Å². The fourth-order valence-corrected chi connectivity index (χ4v) is 4.51. The lowest BCUT2D eigenvalue weighted by Crippen LogP contribution is -2.42. The quantitative estimate of drug-likeness (QED) is 0.778. The Morgan fingerprint density at radius 1 is 1.03 bits per heavy atom. The average molecular weight is 411 g/mol. The van der Waals surface area contributed by atoms with Crippen LogP contribution in [0.3, 0.4) is 0 Å². The third kappa shape index (κ3) is 4.06. The van der Waals surface area contributed by atoms with Gasteiger partial charge in [-0.2, -0.15) is 0 Å². The minimum Gasteiger partial charge on any atom is -0.437 e. The smallest absolute Gasteiger partial charge is 0.309 e. The number of piperidine rings is 1. The molecule has 4 rings (SSSR count). The molecule has 2 aromatic rings. The van der Waals surface area contributed by atoms with Crippen molar-refractivity contribution in [1.82, 2.24) is 14.8 Å². The Balaban J connectivity index is 1.46. The summed E-state index contributed by atoms with van der Waals surface area (Å²) in [6, 6.07) is 7.58. The molecule has 2 aliphatic rings. The van der Waals surface area contributed by atoms with Crippen LogP contribution in [0.4, 0.5) is 5.69 Å². The van der Waals surface area contributed by atoms with E-state index in [-0.39, 0.29) is 17.7 Å². The fourth-order valence-electron chi connectivity index (χ4n) is 4.51. The molecule has 7 nitrogen and oxygen atoms in total. The highest BCUT2D eigenvalue weighted by atomic mass is 16.4. The lowest BCUT2D eigenvalue weighted by molar-refractivity contribution is 0.0580. The molecular weight excluding hydrogens is 380 g/mol. The molecule has 0 spiro atoms. The standard InChI is InChI=1S/C23H30N4O3/c1-15-11-16(2)13-27(12-15)23(29)21-24-19-14-26(10-9-20(19)30-21)22(28)17-5-7-18(8-6-17)25(3)4/h5-8,15-16H,9-14H2,1-4H3/t15-,16+. The zero-order chi connectivity index (χ0) is 21.4. The molecule has 0 radical (unpaired) electrons. The van der Waals surface area contributed by atoms with E-state index in [9.17, 15) is 9.59 Å². The van der Waals surface area contributed by atoms with Crippen molar-refractivity contribution in [2.24, 2.45) is 11.8 Å². The van der Waals surface area contributed by atoms with Gasteiger partial charge in [-0.1, -0.05) is 13.8 Å². The van der Waals surface area contributed by atoms with E-state index in [1.165, 1.54) is 0 Å². The summed E-state index contributed by atoms with van der Waals surface area (Å²) in [5.74, 6) is 1.68. The van der Waals surface area contributed by atoms with Gasteiger partial charge in [-0.3, -0.25) is 9.59 Å². The van der Waals surface area contributed by atoms with E-state index in [0.717, 1.165) is 31.0 Å². The molecule has 0 bridgehead atoms. The van der Waals surface area contributed by atoms with Crippen molar-refractivity contribution < 1.29 is 14.0 Å². The van der Waals surface area contributed by atoms with Crippen molar-refractivity contribution in [3.63, 3.8) is 0 Å². The number of rotatable bonds is 3. The summed E-state index contributed by atoms with van der Waals surface area (Å²) in [6.45, 7) is 6.75. The Kier molecular flexibility index (Phi) is 5.54. The summed E-state index contributed by atoms with van der Waals surface area (Å²) in [5.41, 5.74) is 2.40. The highest BCUT2D eigenvalue weighted by Crippen LogP contribution is 2.26. The lowest BCUT2D eigenvalue weighted by atomic mass is 9.92. The lowest BCUT2D eigenvalue weighted by Gasteiger charge is -2.34. The molecule has 1 saturated heterocycles. The molecule has 0 aliphatic carbocycles. The molecule has 3 heterocycles. The number of carbonyl (C=O) groups excluding carboxylic acids is 2. The van der Waals surface area contributed by atoms with Crippen molar-refractivity contribution >= 4 is 17.5 Å². The third-order valence-corrected chi connectivity index (χ3v) is 5.98. The number of anilines is 1. The number of benzene rings is 1. The van der Waals surface area contributed by atoms with Crippen LogP contribution in [0.25, 0.3) is 0 Å². The van der Waals surface area contributed by atoms with E-state index in [1.54, 1.807) is 4.90 Å². The van der Waals surface area contributed by atoms with Crippen molar-refractivity contribution in [3.05, 3.63) is 47.2 Å². The van der Waals surface area contributed by atoms with Gasteiger partial charge in [0.25, 0.3) is 11.8 Å². The monoisotopic (exact) mass is 410 g/mol. The van der Waals surface area contributed by atoms with Crippen LogP contribution in [0.5, 0.6) is 0 Å². The Morgan fingerprint density at radius 3 is 2.33 bits per heavy atom. The first kappa shape index (κ1) is 20.4. The van der Waals surface area contributed by atoms with Gasteiger partial charge in [-0.25, -0.2) is 4.98 Å². The normalized spacial score (nSPS) is 21.3. The number of carbonyl (C=O) groups is 2. The second-order valence-electron chi connectivity index (χ2n) is 8.96. The number of nitrogens with zero attached hydrogens (tertiary/aromatic N) is 4. The minimum atomic E-state index is -0.139. The fraction of sp³-hybridized carbons (Fsp3) is 0.522. The second kappa shape index (κ2) is 8.13. The van der Waals surface area contributed by atoms with Gasteiger partial charge in [0.15, 0.2) is 0 Å². The van der Waals surface area contributed by atoms with E-state index < -0.39 is 0 Å². The Morgan fingerprint density at radius 2 is 1.70 bits per heavy atom. The van der Waals surface area contributed by atoms with Crippen molar-refractivity contribution in [1.29, 1.82) is 0 Å². The van der Waals surface area contributed by atoms with E-state index >= 15 is 0 Å². The molecule has 0 unspecified atom stereocenters. The number of hydrogen-bond acceptors (Lipinski definition) is 5. The predicted molar refractivity (Wildman–Crippen MR) is 115 cm³/mol. The number of fused-ring (bicyclic) bond motifs is 1. The van der Waals surface area contributed by atoms with Gasteiger partial charge in [-0.15, -0.1) is 0 Å². The van der Waals surface area contributed by atoms with E-state index in [1.807, 2.05) is 48.2 Å². The molecule has 1 aromatic heterocycles. The third-order valence-electron chi connectivity index (χ3n) is 5.98. The maximum atomic E-state index is 12.9. The first-order valence-corrected chi connectivity index (χ1v) is 10.7. The second-order valence-corrected chi connectivity index (χ2v) is 8.96. The topological polar surface area (TPSA) is 69.9 Å². The van der Waals surface area contributed by atoms with Crippen molar-refractivity contribution in [2.75, 3.05) is 38.6 Å². The van der Waals surface area contributed by atoms with Crippen LogP contribution in [-0.2, 0) is 13.0 Å². The Labute approximate surface area is 177 Å². The highest BCUT2D eigenvalue weighted by molar-refractivity contribution is 5.94. The van der Waals surface area contributed by atoms with Gasteiger partial charge in [0.1, 0.15) is 11.5 Å². The molecule has 30 heavy (non-hydrogen) atoms. The number of aromatic nitrogens is 1. The van der Waals surface area contributed by atoms with Gasteiger partial charge in [-0.05, 0) is 42.5 Å². The van der Waals surface area contributed by atoms with Crippen LogP contribution < -0.4 is 4.90 Å². The SMILES string of the molecule is C[C@@H]1C[C@H](C)CN(C(=O)c2nc3c(o2)CCN(C(=O)c2ccc(N(C)C)cc2)C3)C1. The van der Waals surface area contributed by atoms with Crippen molar-refractivity contribution in [2.45, 2.75) is 33.2 Å². The van der Waals surface area contributed by atoms with E-state index in [0.29, 0.717) is 42.6 Å². The first-order valence-electron chi connectivity index (χ1n) is 10.7. The molecule has 1 fully saturated rings. The van der Waals surface area contributed by atoms with Crippen LogP contribution >= 0.6 is 0 Å². The van der Waals surface area contributed by atoms with Crippen LogP contribution in [0.2, 0.25) is 0 Å². The number of oxazole rings is 1. The number of likely N-dealkylation sites (tertiary alicyclic amines) is 1. The molecular formula is C23H30N4O3. The predicted octanol–water partition coefficient (Wildman–Crippen LogP) is 3.06. The Bertz CT molecular complexity index is 924. The summed E-state index contributed by atoms with van der Waals surface area (Å²) < 4.78 is 5.82. The van der Waals surface area contributed by atoms with Crippen molar-refractivity contribution in [3.8, 4) is 0 Å². The van der Waals surface area contributed by atoms with Gasteiger partial charge in [0.05, 0.1) is 6.54 Å². The molecule has 0 N–H and O–H groups in total. The summed E-state index contributed by atoms with van der Waals surface area (Å²) in [7, 11) is 3.94. The molecule has 2 amide bonds. The zero-order valence-corrected chi connectivity index (χ0v) is 18.2. The van der Waals surface area contributed by atoms with E-state index in [4.69, 9.17) is 4.42 Å². The van der Waals surface area contributed by atoms with Crippen LogP contribution in [0.15, 0.2) is 28.7 Å². The largest absolute Gasteiger partial charge is 0.437 e. The first-order chi connectivity index (χ1) is 14.3. The molecule has 1 aromatic carbocycles. The molecule has 2 aliphatic heterocycles. The van der Waals surface area contributed by atoms with E-state index in [2.05, 4.69) is 18.8 Å². The molecule has 0 saturated carbocycles. The van der Waals surface area contributed by atoms with Gasteiger partial charge < -0.3 is 19.1 Å². The molecule has 160 valence electrons. The maximum Gasteiger partial charge on any atom is 0.309 e. The molecule has 7 heteroatoms. The number of hydrogen-bond donors (Lipinski definition) is 0. The zero-order valence-electron chi connectivity index (χ0n) is 18.2. The van der Waals surface area contributed by atoms with Gasteiger partial charge in [0.2, 0.25) is 0 Å². The summed E-state index contributed by atoms with van der Waals surface area (Å²) >= 11 is 0. The molecule has 2 atom stereocenters. The Hall–Kier alpha value is -2.83. The maximum absolute atomic E-state index is 12.9. The summed E-state index contributed by atoms with van der Waals surface area (Å²) in [6.07, 6.45) is 1.71. The van der Waals surface area contributed by atoms with Crippen LogP contribution in [0, 0.1) is 11.8 Å².